The molecule has 1 amide bonds. The summed E-state index contributed by atoms with van der Waals surface area (Å²) < 4.78 is 31.8. The first kappa shape index (κ1) is 17.6. The summed E-state index contributed by atoms with van der Waals surface area (Å²) in [6.07, 6.45) is 0. The zero-order valence-corrected chi connectivity index (χ0v) is 12.9. The van der Waals surface area contributed by atoms with Crippen LogP contribution in [0, 0.1) is 11.6 Å². The molecule has 0 bridgehead atoms. The number of benzene rings is 2. The van der Waals surface area contributed by atoms with E-state index in [4.69, 9.17) is 0 Å². The topological polar surface area (TPSA) is 67.4 Å². The van der Waals surface area contributed by atoms with Gasteiger partial charge in [0, 0.05) is 11.3 Å². The number of ether oxygens (including phenoxy) is 1. The van der Waals surface area contributed by atoms with Crippen LogP contribution in [0.2, 0.25) is 0 Å². The molecule has 24 heavy (non-hydrogen) atoms. The molecule has 0 aliphatic carbocycles. The molecule has 0 aliphatic heterocycles. The number of rotatable bonds is 6. The Morgan fingerprint density at radius 1 is 1.12 bits per heavy atom. The summed E-state index contributed by atoms with van der Waals surface area (Å²) in [4.78, 5) is 23.8. The van der Waals surface area contributed by atoms with Crippen molar-refractivity contribution in [1.82, 2.24) is 5.32 Å². The molecule has 0 radical (unpaired) electrons. The molecule has 0 fully saturated rings. The van der Waals surface area contributed by atoms with Crippen LogP contribution in [0.5, 0.6) is 0 Å². The minimum atomic E-state index is -1.30. The number of methoxy groups -OCH3 is 1. The van der Waals surface area contributed by atoms with Crippen molar-refractivity contribution < 1.29 is 23.1 Å². The lowest BCUT2D eigenvalue weighted by molar-refractivity contribution is -0.143. The van der Waals surface area contributed by atoms with E-state index in [0.717, 1.165) is 25.3 Å². The van der Waals surface area contributed by atoms with Gasteiger partial charge >= 0.3 is 5.97 Å². The lowest BCUT2D eigenvalue weighted by Gasteiger charge is -2.17. The summed E-state index contributed by atoms with van der Waals surface area (Å²) in [6.45, 7) is -0.287. The van der Waals surface area contributed by atoms with E-state index in [0.29, 0.717) is 5.69 Å². The van der Waals surface area contributed by atoms with Crippen LogP contribution in [0.1, 0.15) is 11.6 Å². The van der Waals surface area contributed by atoms with E-state index in [-0.39, 0.29) is 12.1 Å². The highest BCUT2D eigenvalue weighted by atomic mass is 19.1. The lowest BCUT2D eigenvalue weighted by Crippen LogP contribution is -2.36. The molecule has 0 aromatic heterocycles. The number of para-hydroxylation sites is 1. The van der Waals surface area contributed by atoms with Gasteiger partial charge in [-0.15, -0.1) is 0 Å². The van der Waals surface area contributed by atoms with E-state index in [1.54, 1.807) is 30.3 Å². The summed E-state index contributed by atoms with van der Waals surface area (Å²) in [5.74, 6) is -2.74. The van der Waals surface area contributed by atoms with Crippen LogP contribution in [0.15, 0.2) is 48.5 Å². The first-order chi connectivity index (χ1) is 11.5. The first-order valence-electron chi connectivity index (χ1n) is 7.12. The van der Waals surface area contributed by atoms with Crippen LogP contribution in [-0.4, -0.2) is 25.5 Å². The zero-order chi connectivity index (χ0) is 17.5. The van der Waals surface area contributed by atoms with E-state index in [9.17, 15) is 18.4 Å². The van der Waals surface area contributed by atoms with Crippen molar-refractivity contribution >= 4 is 17.6 Å². The second-order valence-corrected chi connectivity index (χ2v) is 4.92. The molecule has 2 N–H and O–H groups in total. The van der Waals surface area contributed by atoms with Crippen molar-refractivity contribution in [3.05, 3.63) is 65.7 Å². The summed E-state index contributed by atoms with van der Waals surface area (Å²) in [7, 11) is 1.12. The quantitative estimate of drug-likeness (QED) is 0.796. The van der Waals surface area contributed by atoms with Gasteiger partial charge in [0.05, 0.1) is 13.7 Å². The average molecular weight is 334 g/mol. The fourth-order valence-electron chi connectivity index (χ4n) is 2.10. The Hall–Kier alpha value is -2.80. The highest BCUT2D eigenvalue weighted by molar-refractivity contribution is 5.92. The van der Waals surface area contributed by atoms with Crippen molar-refractivity contribution in [3.63, 3.8) is 0 Å². The molecule has 5 nitrogen and oxygen atoms in total. The molecule has 0 heterocycles. The first-order valence-corrected chi connectivity index (χ1v) is 7.12. The van der Waals surface area contributed by atoms with Gasteiger partial charge in [-0.05, 0) is 30.3 Å². The van der Waals surface area contributed by atoms with Crippen molar-refractivity contribution in [3.8, 4) is 0 Å². The molecular formula is C17H16F2N2O3. The molecule has 2 aromatic rings. The van der Waals surface area contributed by atoms with Crippen molar-refractivity contribution in [1.29, 1.82) is 0 Å². The molecule has 2 rings (SSSR count). The number of carbonyl (C=O) groups excluding carboxylic acids is 2. The molecular weight excluding hydrogens is 318 g/mol. The Kier molecular flexibility index (Phi) is 5.97. The molecule has 1 atom stereocenters. The van der Waals surface area contributed by atoms with Gasteiger partial charge in [0.25, 0.3) is 0 Å². The molecule has 2 aromatic carbocycles. The zero-order valence-electron chi connectivity index (χ0n) is 12.9. The summed E-state index contributed by atoms with van der Waals surface area (Å²) >= 11 is 0. The summed E-state index contributed by atoms with van der Waals surface area (Å²) in [6, 6.07) is 10.1. The number of esters is 1. The Balaban J connectivity index is 2.08. The smallest absolute Gasteiger partial charge is 0.327 e. The number of nitrogens with one attached hydrogen (secondary N) is 2. The molecule has 0 saturated heterocycles. The molecule has 0 saturated carbocycles. The van der Waals surface area contributed by atoms with Crippen molar-refractivity contribution in [2.75, 3.05) is 19.0 Å². The largest absolute Gasteiger partial charge is 0.468 e. The Morgan fingerprint density at radius 2 is 1.83 bits per heavy atom. The lowest BCUT2D eigenvalue weighted by atomic mass is 10.1. The van der Waals surface area contributed by atoms with E-state index >= 15 is 0 Å². The number of carbonyl (C=O) groups is 2. The van der Waals surface area contributed by atoms with Gasteiger partial charge in [-0.3, -0.25) is 10.1 Å². The van der Waals surface area contributed by atoms with Crippen LogP contribution in [0.3, 0.4) is 0 Å². The molecule has 7 heteroatoms. The second-order valence-electron chi connectivity index (χ2n) is 4.92. The standard InChI is InChI=1S/C17H16F2N2O3/c1-24-17(23)16(13-9-11(18)7-8-14(13)19)20-10-15(22)21-12-5-3-2-4-6-12/h2-9,16,20H,10H2,1H3,(H,21,22). The third-order valence-electron chi connectivity index (χ3n) is 3.23. The second kappa shape index (κ2) is 8.16. The van der Waals surface area contributed by atoms with Gasteiger partial charge in [-0.25, -0.2) is 13.6 Å². The minimum Gasteiger partial charge on any atom is -0.468 e. The van der Waals surface area contributed by atoms with Gasteiger partial charge in [-0.1, -0.05) is 18.2 Å². The number of amides is 1. The predicted molar refractivity (Wildman–Crippen MR) is 84.2 cm³/mol. The van der Waals surface area contributed by atoms with Gasteiger partial charge in [0.2, 0.25) is 5.91 Å². The third kappa shape index (κ3) is 4.60. The predicted octanol–water partition coefficient (Wildman–Crippen LogP) is 2.41. The number of halogens is 2. The van der Waals surface area contributed by atoms with Crippen LogP contribution in [-0.2, 0) is 14.3 Å². The maximum atomic E-state index is 13.9. The molecule has 1 unspecified atom stereocenters. The Morgan fingerprint density at radius 3 is 2.50 bits per heavy atom. The third-order valence-corrected chi connectivity index (χ3v) is 3.23. The maximum Gasteiger partial charge on any atom is 0.327 e. The average Bonchev–Trinajstić information content (AvgIpc) is 2.58. The SMILES string of the molecule is COC(=O)C(NCC(=O)Nc1ccccc1)c1cc(F)ccc1F. The fourth-order valence-corrected chi connectivity index (χ4v) is 2.10. The van der Waals surface area contributed by atoms with E-state index in [1.165, 1.54) is 0 Å². The number of anilines is 1. The normalized spacial score (nSPS) is 11.6. The van der Waals surface area contributed by atoms with Gasteiger partial charge in [0.1, 0.15) is 17.7 Å². The summed E-state index contributed by atoms with van der Waals surface area (Å²) in [5, 5.41) is 5.19. The minimum absolute atomic E-state index is 0.227. The van der Waals surface area contributed by atoms with E-state index < -0.39 is 29.6 Å². The molecule has 126 valence electrons. The Labute approximate surface area is 137 Å². The monoisotopic (exact) mass is 334 g/mol. The van der Waals surface area contributed by atoms with E-state index in [2.05, 4.69) is 15.4 Å². The number of hydrogen-bond donors (Lipinski definition) is 2. The Bertz CT molecular complexity index is 723. The van der Waals surface area contributed by atoms with Crippen LogP contribution in [0.25, 0.3) is 0 Å². The molecule has 0 aliphatic rings. The summed E-state index contributed by atoms with van der Waals surface area (Å²) in [5.41, 5.74) is 0.352. The number of hydrogen-bond acceptors (Lipinski definition) is 4. The van der Waals surface area contributed by atoms with Crippen LogP contribution >= 0.6 is 0 Å². The molecule has 0 spiro atoms. The van der Waals surface area contributed by atoms with Crippen LogP contribution < -0.4 is 10.6 Å². The van der Waals surface area contributed by atoms with E-state index in [1.807, 2.05) is 0 Å². The highest BCUT2D eigenvalue weighted by Crippen LogP contribution is 2.19. The van der Waals surface area contributed by atoms with Gasteiger partial charge in [0.15, 0.2) is 0 Å². The fraction of sp³-hybridized carbons (Fsp3) is 0.176. The van der Waals surface area contributed by atoms with Gasteiger partial charge < -0.3 is 10.1 Å². The van der Waals surface area contributed by atoms with Crippen LogP contribution in [0.4, 0.5) is 14.5 Å². The highest BCUT2D eigenvalue weighted by Gasteiger charge is 2.25. The van der Waals surface area contributed by atoms with Crippen molar-refractivity contribution in [2.45, 2.75) is 6.04 Å². The van der Waals surface area contributed by atoms with Crippen molar-refractivity contribution in [2.24, 2.45) is 0 Å². The maximum absolute atomic E-state index is 13.9. The van der Waals surface area contributed by atoms with Gasteiger partial charge in [-0.2, -0.15) is 0 Å².